The smallest absolute Gasteiger partial charge is 0.255 e. The van der Waals surface area contributed by atoms with Crippen molar-refractivity contribution < 1.29 is 9.59 Å². The first-order chi connectivity index (χ1) is 16.5. The van der Waals surface area contributed by atoms with Crippen LogP contribution >= 0.6 is 0 Å². The highest BCUT2D eigenvalue weighted by Crippen LogP contribution is 2.26. The molecule has 0 aromatic heterocycles. The Morgan fingerprint density at radius 3 is 2.38 bits per heavy atom. The van der Waals surface area contributed by atoms with E-state index in [1.165, 1.54) is 0 Å². The molecule has 0 heterocycles. The highest BCUT2D eigenvalue weighted by molar-refractivity contribution is 6.04. The minimum atomic E-state index is -0.256. The normalized spacial score (nSPS) is 17.4. The molecule has 3 N–H and O–H groups in total. The van der Waals surface area contributed by atoms with Gasteiger partial charge in [-0.2, -0.15) is 5.26 Å². The predicted molar refractivity (Wildman–Crippen MR) is 132 cm³/mol. The minimum absolute atomic E-state index is 0.0293. The van der Waals surface area contributed by atoms with Crippen LogP contribution in [-0.2, 0) is 6.54 Å². The van der Waals surface area contributed by atoms with Crippen molar-refractivity contribution in [2.45, 2.75) is 44.3 Å². The lowest BCUT2D eigenvalue weighted by Gasteiger charge is -2.38. The van der Waals surface area contributed by atoms with E-state index in [0.29, 0.717) is 28.9 Å². The summed E-state index contributed by atoms with van der Waals surface area (Å²) in [4.78, 5) is 28.0. The van der Waals surface area contributed by atoms with Gasteiger partial charge in [0, 0.05) is 35.4 Å². The van der Waals surface area contributed by atoms with Crippen LogP contribution in [0.25, 0.3) is 0 Å². The van der Waals surface area contributed by atoms with Crippen LogP contribution in [-0.4, -0.2) is 28.8 Å². The molecule has 0 aliphatic heterocycles. The number of hydrogen-bond donors (Lipinski definition) is 2. The molecule has 1 saturated carbocycles. The average molecular weight is 453 g/mol. The lowest BCUT2D eigenvalue weighted by atomic mass is 9.89. The minimum Gasteiger partial charge on any atom is -0.330 e. The fraction of sp³-hybridized carbons (Fsp3) is 0.250. The summed E-state index contributed by atoms with van der Waals surface area (Å²) in [6, 6.07) is 25.3. The number of carbonyl (C=O) groups excluding carboxylic acids is 2. The molecule has 3 aromatic rings. The van der Waals surface area contributed by atoms with Gasteiger partial charge in [0.2, 0.25) is 0 Å². The summed E-state index contributed by atoms with van der Waals surface area (Å²) in [7, 11) is 0. The first-order valence-electron chi connectivity index (χ1n) is 11.6. The van der Waals surface area contributed by atoms with E-state index < -0.39 is 0 Å². The number of nitrogens with zero attached hydrogens (tertiary/aromatic N) is 2. The Kier molecular flexibility index (Phi) is 7.36. The molecule has 0 spiro atoms. The van der Waals surface area contributed by atoms with Crippen molar-refractivity contribution in [3.05, 3.63) is 101 Å². The Morgan fingerprint density at radius 1 is 0.941 bits per heavy atom. The van der Waals surface area contributed by atoms with Gasteiger partial charge in [0.15, 0.2) is 0 Å². The lowest BCUT2D eigenvalue weighted by Crippen LogP contribution is -2.51. The molecule has 1 aliphatic carbocycles. The first kappa shape index (κ1) is 23.2. The van der Waals surface area contributed by atoms with Crippen molar-refractivity contribution in [3.63, 3.8) is 0 Å². The summed E-state index contributed by atoms with van der Waals surface area (Å²) in [5.74, 6) is -0.289. The van der Waals surface area contributed by atoms with Gasteiger partial charge in [-0.1, -0.05) is 43.2 Å². The highest BCUT2D eigenvalue weighted by Gasteiger charge is 2.31. The Bertz CT molecular complexity index is 1190. The second-order valence-electron chi connectivity index (χ2n) is 8.66. The van der Waals surface area contributed by atoms with Gasteiger partial charge in [0.25, 0.3) is 11.8 Å². The van der Waals surface area contributed by atoms with E-state index in [-0.39, 0.29) is 23.9 Å². The molecule has 0 saturated heterocycles. The zero-order valence-electron chi connectivity index (χ0n) is 19.0. The molecular formula is C28H28N4O2. The number of rotatable bonds is 6. The number of benzene rings is 3. The molecule has 172 valence electrons. The molecule has 2 amide bonds. The van der Waals surface area contributed by atoms with Gasteiger partial charge in [0.1, 0.15) is 0 Å². The Hall–Kier alpha value is -3.95. The van der Waals surface area contributed by atoms with Crippen molar-refractivity contribution >= 4 is 17.5 Å². The maximum absolute atomic E-state index is 13.5. The van der Waals surface area contributed by atoms with Crippen LogP contribution in [0.5, 0.6) is 0 Å². The van der Waals surface area contributed by atoms with E-state index in [0.717, 1.165) is 31.2 Å². The van der Waals surface area contributed by atoms with Crippen LogP contribution in [0, 0.1) is 11.3 Å². The van der Waals surface area contributed by atoms with Gasteiger partial charge in [0.05, 0.1) is 11.6 Å². The molecule has 1 aliphatic rings. The average Bonchev–Trinajstić information content (AvgIpc) is 2.88. The Labute approximate surface area is 200 Å². The van der Waals surface area contributed by atoms with Crippen molar-refractivity contribution in [1.29, 1.82) is 5.26 Å². The number of anilines is 1. The van der Waals surface area contributed by atoms with E-state index >= 15 is 0 Å². The van der Waals surface area contributed by atoms with E-state index in [1.54, 1.807) is 24.3 Å². The van der Waals surface area contributed by atoms with Gasteiger partial charge < -0.3 is 16.0 Å². The molecule has 34 heavy (non-hydrogen) atoms. The number of carbonyl (C=O) groups is 2. The number of nitrogens with one attached hydrogen (secondary N) is 1. The number of hydrogen-bond acceptors (Lipinski definition) is 4. The number of amides is 2. The molecule has 6 heteroatoms. The number of nitrogens with two attached hydrogens (primary N) is 1. The third kappa shape index (κ3) is 5.51. The van der Waals surface area contributed by atoms with E-state index in [2.05, 4.69) is 5.32 Å². The van der Waals surface area contributed by atoms with Crippen molar-refractivity contribution in [3.8, 4) is 6.07 Å². The maximum Gasteiger partial charge on any atom is 0.255 e. The van der Waals surface area contributed by atoms with Gasteiger partial charge >= 0.3 is 0 Å². The fourth-order valence-electron chi connectivity index (χ4n) is 4.46. The zero-order valence-corrected chi connectivity index (χ0v) is 19.0. The van der Waals surface area contributed by atoms with Crippen LogP contribution in [0.15, 0.2) is 78.9 Å². The van der Waals surface area contributed by atoms with Crippen LogP contribution < -0.4 is 11.1 Å². The molecule has 6 nitrogen and oxygen atoms in total. The molecule has 2 atom stereocenters. The SMILES string of the molecule is N#Cc1ccc(C(=O)Nc2cccc(CN(C(=O)c3ccccc3)C3CCCCC3N)c2)cc1. The third-order valence-corrected chi connectivity index (χ3v) is 6.28. The summed E-state index contributed by atoms with van der Waals surface area (Å²) in [5, 5.41) is 11.8. The fourth-order valence-corrected chi connectivity index (χ4v) is 4.46. The summed E-state index contributed by atoms with van der Waals surface area (Å²) >= 11 is 0. The second-order valence-corrected chi connectivity index (χ2v) is 8.66. The van der Waals surface area contributed by atoms with E-state index in [4.69, 9.17) is 11.0 Å². The summed E-state index contributed by atoms with van der Waals surface area (Å²) in [6.07, 6.45) is 3.93. The van der Waals surface area contributed by atoms with Crippen molar-refractivity contribution in [2.75, 3.05) is 5.32 Å². The quantitative estimate of drug-likeness (QED) is 0.565. The molecule has 3 aromatic carbocycles. The molecular weight excluding hydrogens is 424 g/mol. The van der Waals surface area contributed by atoms with Crippen LogP contribution in [0.2, 0.25) is 0 Å². The Morgan fingerprint density at radius 2 is 1.68 bits per heavy atom. The predicted octanol–water partition coefficient (Wildman–Crippen LogP) is 4.72. The maximum atomic E-state index is 13.5. The van der Waals surface area contributed by atoms with E-state index in [9.17, 15) is 9.59 Å². The molecule has 0 radical (unpaired) electrons. The lowest BCUT2D eigenvalue weighted by molar-refractivity contribution is 0.0583. The van der Waals surface area contributed by atoms with Gasteiger partial charge in [-0.05, 0) is 66.9 Å². The molecule has 2 unspecified atom stereocenters. The molecule has 4 rings (SSSR count). The zero-order chi connectivity index (χ0) is 23.9. The largest absolute Gasteiger partial charge is 0.330 e. The van der Waals surface area contributed by atoms with Crippen molar-refractivity contribution in [1.82, 2.24) is 4.90 Å². The van der Waals surface area contributed by atoms with Gasteiger partial charge in [-0.25, -0.2) is 0 Å². The van der Waals surface area contributed by atoms with E-state index in [1.807, 2.05) is 65.6 Å². The second kappa shape index (κ2) is 10.8. The van der Waals surface area contributed by atoms with Crippen LogP contribution in [0.1, 0.15) is 57.5 Å². The molecule has 0 bridgehead atoms. The third-order valence-electron chi connectivity index (χ3n) is 6.28. The van der Waals surface area contributed by atoms with Crippen LogP contribution in [0.4, 0.5) is 5.69 Å². The first-order valence-corrected chi connectivity index (χ1v) is 11.6. The molecule has 1 fully saturated rings. The van der Waals surface area contributed by atoms with Crippen LogP contribution in [0.3, 0.4) is 0 Å². The van der Waals surface area contributed by atoms with Crippen molar-refractivity contribution in [2.24, 2.45) is 5.73 Å². The summed E-state index contributed by atoms with van der Waals surface area (Å²) in [6.45, 7) is 0.409. The summed E-state index contributed by atoms with van der Waals surface area (Å²) < 4.78 is 0. The topological polar surface area (TPSA) is 99.2 Å². The monoisotopic (exact) mass is 452 g/mol. The van der Waals surface area contributed by atoms with Gasteiger partial charge in [-0.3, -0.25) is 9.59 Å². The highest BCUT2D eigenvalue weighted by atomic mass is 16.2. The van der Waals surface area contributed by atoms with Gasteiger partial charge in [-0.15, -0.1) is 0 Å². The number of nitriles is 1. The Balaban J connectivity index is 1.54. The summed E-state index contributed by atoms with van der Waals surface area (Å²) in [5.41, 5.74) is 9.64. The standard InChI is InChI=1S/C28H28N4O2/c29-18-20-13-15-22(16-14-20)27(33)31-24-10-6-7-21(17-24)19-32(26-12-5-4-11-25(26)30)28(34)23-8-2-1-3-9-23/h1-3,6-10,13-17,25-26H,4-5,11-12,19,30H2,(H,31,33).